The Bertz CT molecular complexity index is 735. The van der Waals surface area contributed by atoms with E-state index < -0.39 is 0 Å². The summed E-state index contributed by atoms with van der Waals surface area (Å²) in [6, 6.07) is 0. The van der Waals surface area contributed by atoms with Crippen LogP contribution in [0.15, 0.2) is 11.1 Å². The Kier molecular flexibility index (Phi) is 6.92. The number of rotatable bonds is 6. The first kappa shape index (κ1) is 24.3. The Morgan fingerprint density at radius 2 is 1.75 bits per heavy atom. The van der Waals surface area contributed by atoms with Gasteiger partial charge in [-0.25, -0.2) is 0 Å². The van der Waals surface area contributed by atoms with Crippen LogP contribution < -0.4 is 0 Å². The van der Waals surface area contributed by atoms with Crippen LogP contribution in [-0.2, 0) is 9.53 Å². The van der Waals surface area contributed by atoms with Crippen LogP contribution in [0.25, 0.3) is 0 Å². The van der Waals surface area contributed by atoms with Gasteiger partial charge in [-0.3, -0.25) is 4.79 Å². The van der Waals surface area contributed by atoms with Crippen LogP contribution in [0.4, 0.5) is 0 Å². The number of hydrogen-bond donors (Lipinski definition) is 0. The van der Waals surface area contributed by atoms with Gasteiger partial charge >= 0.3 is 5.97 Å². The second-order valence-corrected chi connectivity index (χ2v) is 13.2. The molecule has 0 aliphatic heterocycles. The van der Waals surface area contributed by atoms with Crippen molar-refractivity contribution in [1.29, 1.82) is 0 Å². The number of carbonyl (C=O) groups is 1. The SMILES string of the molecule is CC(=O)OC1CCC2(C)C3CCC4(C)C(=C3CC[C@H]2C1)CCC4[C@H](C)CC[C@H](C)C(C)C. The lowest BCUT2D eigenvalue weighted by Crippen LogP contribution is -2.48. The van der Waals surface area contributed by atoms with E-state index >= 15 is 0 Å². The van der Waals surface area contributed by atoms with E-state index in [1.807, 2.05) is 11.1 Å². The Morgan fingerprint density at radius 3 is 2.44 bits per heavy atom. The third-order valence-corrected chi connectivity index (χ3v) is 11.3. The maximum absolute atomic E-state index is 11.5. The van der Waals surface area contributed by atoms with Crippen LogP contribution in [0, 0.1) is 46.3 Å². The first-order chi connectivity index (χ1) is 15.1. The average molecular weight is 443 g/mol. The van der Waals surface area contributed by atoms with Crippen LogP contribution in [0.2, 0.25) is 0 Å². The molecule has 182 valence electrons. The Balaban J connectivity index is 1.50. The lowest BCUT2D eigenvalue weighted by atomic mass is 9.48. The number of ether oxygens (including phenoxy) is 1. The standard InChI is InChI=1S/C30H50O2/c1-19(2)20(3)8-9-21(4)26-12-13-27-25-11-10-23-18-24(32-22(5)31)14-16-29(23,6)28(25)15-17-30(26,27)7/h19-21,23-24,26,28H,8-18H2,1-7H3/t20-,21+,23-,24?,26?,28?,29?,30?/m0/s1. The molecule has 5 unspecified atom stereocenters. The largest absolute Gasteiger partial charge is 0.463 e. The van der Waals surface area contributed by atoms with Gasteiger partial charge in [0, 0.05) is 6.92 Å². The van der Waals surface area contributed by atoms with E-state index in [4.69, 9.17) is 4.74 Å². The summed E-state index contributed by atoms with van der Waals surface area (Å²) in [5.41, 5.74) is 4.69. The molecule has 0 N–H and O–H groups in total. The first-order valence-corrected chi connectivity index (χ1v) is 14.0. The van der Waals surface area contributed by atoms with Gasteiger partial charge in [-0.1, -0.05) is 65.5 Å². The minimum Gasteiger partial charge on any atom is -0.463 e. The summed E-state index contributed by atoms with van der Waals surface area (Å²) in [6.07, 6.45) is 14.6. The quantitative estimate of drug-likeness (QED) is 0.305. The molecule has 3 saturated carbocycles. The molecule has 0 bridgehead atoms. The van der Waals surface area contributed by atoms with Crippen LogP contribution in [-0.4, -0.2) is 12.1 Å². The molecule has 32 heavy (non-hydrogen) atoms. The van der Waals surface area contributed by atoms with Gasteiger partial charge < -0.3 is 4.74 Å². The van der Waals surface area contributed by atoms with Crippen molar-refractivity contribution in [2.75, 3.05) is 0 Å². The third kappa shape index (κ3) is 4.22. The molecule has 0 aromatic rings. The molecule has 0 spiro atoms. The maximum Gasteiger partial charge on any atom is 0.302 e. The number of allylic oxidation sites excluding steroid dienone is 2. The van der Waals surface area contributed by atoms with Crippen LogP contribution >= 0.6 is 0 Å². The highest BCUT2D eigenvalue weighted by Crippen LogP contribution is 2.66. The summed E-state index contributed by atoms with van der Waals surface area (Å²) in [5.74, 6) is 4.81. The van der Waals surface area contributed by atoms with Gasteiger partial charge in [0.05, 0.1) is 0 Å². The highest BCUT2D eigenvalue weighted by atomic mass is 16.5. The summed E-state index contributed by atoms with van der Waals surface area (Å²) < 4.78 is 5.65. The molecule has 8 atom stereocenters. The average Bonchev–Trinajstić information content (AvgIpc) is 3.08. The van der Waals surface area contributed by atoms with E-state index in [1.54, 1.807) is 6.92 Å². The minimum atomic E-state index is -0.0976. The minimum absolute atomic E-state index is 0.0976. The Hall–Kier alpha value is -0.790. The number of fused-ring (bicyclic) bond motifs is 4. The van der Waals surface area contributed by atoms with Gasteiger partial charge in [0.15, 0.2) is 0 Å². The summed E-state index contributed by atoms with van der Waals surface area (Å²) in [6.45, 7) is 16.6. The Labute approximate surface area is 198 Å². The number of hydrogen-bond acceptors (Lipinski definition) is 2. The van der Waals surface area contributed by atoms with E-state index in [-0.39, 0.29) is 12.1 Å². The topological polar surface area (TPSA) is 26.3 Å². The van der Waals surface area contributed by atoms with Crippen molar-refractivity contribution in [2.45, 2.75) is 125 Å². The van der Waals surface area contributed by atoms with Crippen LogP contribution in [0.5, 0.6) is 0 Å². The lowest BCUT2D eigenvalue weighted by molar-refractivity contribution is -0.152. The van der Waals surface area contributed by atoms with Gasteiger partial charge in [-0.2, -0.15) is 0 Å². The molecule has 2 nitrogen and oxygen atoms in total. The van der Waals surface area contributed by atoms with E-state index in [1.165, 1.54) is 57.8 Å². The van der Waals surface area contributed by atoms with Crippen molar-refractivity contribution in [3.63, 3.8) is 0 Å². The van der Waals surface area contributed by atoms with Gasteiger partial charge in [-0.05, 0) is 104 Å². The second kappa shape index (κ2) is 9.10. The van der Waals surface area contributed by atoms with Crippen molar-refractivity contribution in [3.05, 3.63) is 11.1 Å². The fourth-order valence-electron chi connectivity index (χ4n) is 8.80. The molecule has 0 amide bonds. The zero-order valence-electron chi connectivity index (χ0n) is 22.1. The molecule has 4 aliphatic rings. The molecule has 2 heteroatoms. The molecule has 0 aromatic carbocycles. The third-order valence-electron chi connectivity index (χ3n) is 11.3. The highest BCUT2D eigenvalue weighted by molar-refractivity contribution is 5.66. The Morgan fingerprint density at radius 1 is 1.00 bits per heavy atom. The van der Waals surface area contributed by atoms with E-state index in [9.17, 15) is 4.79 Å². The molecule has 4 rings (SSSR count). The highest BCUT2D eigenvalue weighted by Gasteiger charge is 2.55. The molecule has 4 aliphatic carbocycles. The maximum atomic E-state index is 11.5. The van der Waals surface area contributed by atoms with Gasteiger partial charge in [0.25, 0.3) is 0 Å². The zero-order chi connectivity index (χ0) is 23.3. The summed E-state index contributed by atoms with van der Waals surface area (Å²) in [5, 5.41) is 0. The van der Waals surface area contributed by atoms with Crippen LogP contribution in [0.3, 0.4) is 0 Å². The van der Waals surface area contributed by atoms with Crippen molar-refractivity contribution in [1.82, 2.24) is 0 Å². The predicted molar refractivity (Wildman–Crippen MR) is 133 cm³/mol. The van der Waals surface area contributed by atoms with Crippen LogP contribution in [0.1, 0.15) is 119 Å². The van der Waals surface area contributed by atoms with Gasteiger partial charge in [0.2, 0.25) is 0 Å². The zero-order valence-corrected chi connectivity index (χ0v) is 22.1. The fraction of sp³-hybridized carbons (Fsp3) is 0.900. The molecular weight excluding hydrogens is 392 g/mol. The van der Waals surface area contributed by atoms with Gasteiger partial charge in [0.1, 0.15) is 6.10 Å². The molecule has 0 saturated heterocycles. The molecule has 0 aromatic heterocycles. The summed E-state index contributed by atoms with van der Waals surface area (Å²) in [4.78, 5) is 11.5. The van der Waals surface area contributed by atoms with Crippen molar-refractivity contribution >= 4 is 5.97 Å². The molecule has 0 radical (unpaired) electrons. The molecule has 3 fully saturated rings. The monoisotopic (exact) mass is 442 g/mol. The van der Waals surface area contributed by atoms with Crippen molar-refractivity contribution in [2.24, 2.45) is 46.3 Å². The summed E-state index contributed by atoms with van der Waals surface area (Å²) >= 11 is 0. The number of esters is 1. The predicted octanol–water partition coefficient (Wildman–Crippen LogP) is 8.35. The van der Waals surface area contributed by atoms with E-state index in [0.29, 0.717) is 10.8 Å². The first-order valence-electron chi connectivity index (χ1n) is 14.0. The van der Waals surface area contributed by atoms with Gasteiger partial charge in [-0.15, -0.1) is 0 Å². The normalized spacial score (nSPS) is 41.0. The van der Waals surface area contributed by atoms with E-state index in [0.717, 1.165) is 48.3 Å². The molecular formula is C30H50O2. The fourth-order valence-corrected chi connectivity index (χ4v) is 8.80. The van der Waals surface area contributed by atoms with E-state index in [2.05, 4.69) is 41.5 Å². The van der Waals surface area contributed by atoms with Crippen molar-refractivity contribution < 1.29 is 9.53 Å². The lowest BCUT2D eigenvalue weighted by Gasteiger charge is -2.57. The smallest absolute Gasteiger partial charge is 0.302 e. The number of carbonyl (C=O) groups excluding carboxylic acids is 1. The van der Waals surface area contributed by atoms with Crippen molar-refractivity contribution in [3.8, 4) is 0 Å². The molecule has 0 heterocycles. The second-order valence-electron chi connectivity index (χ2n) is 13.2. The summed E-state index contributed by atoms with van der Waals surface area (Å²) in [7, 11) is 0.